The molecule has 0 amide bonds. The molecule has 0 N–H and O–H groups in total. The third-order valence-electron chi connectivity index (χ3n) is 4.06. The summed E-state index contributed by atoms with van der Waals surface area (Å²) in [5, 5.41) is -0.149. The molecule has 1 fully saturated rings. The number of alkyl halides is 1. The molecule has 24 heavy (non-hydrogen) atoms. The van der Waals surface area contributed by atoms with Crippen molar-refractivity contribution in [1.82, 2.24) is 0 Å². The van der Waals surface area contributed by atoms with Crippen molar-refractivity contribution in [2.24, 2.45) is 11.8 Å². The van der Waals surface area contributed by atoms with Gasteiger partial charge < -0.3 is 9.47 Å². The Hall–Kier alpha value is -1.20. The smallest absolute Gasteiger partial charge is 0.309 e. The highest BCUT2D eigenvalue weighted by Crippen LogP contribution is 2.42. The van der Waals surface area contributed by atoms with Gasteiger partial charge in [-0.2, -0.15) is 0 Å². The van der Waals surface area contributed by atoms with Crippen LogP contribution in [0.1, 0.15) is 26.7 Å². The van der Waals surface area contributed by atoms with Gasteiger partial charge in [0.1, 0.15) is 0 Å². The highest BCUT2D eigenvalue weighted by Gasteiger charge is 2.45. The molecule has 4 atom stereocenters. The average Bonchev–Trinajstić information content (AvgIpc) is 2.57. The minimum atomic E-state index is -0.529. The molecule has 1 aliphatic rings. The molecule has 0 saturated heterocycles. The first-order valence-electron chi connectivity index (χ1n) is 8.25. The van der Waals surface area contributed by atoms with E-state index in [1.807, 2.05) is 30.3 Å². The number of carbonyl (C=O) groups is 2. The van der Waals surface area contributed by atoms with Gasteiger partial charge in [-0.1, -0.05) is 18.2 Å². The van der Waals surface area contributed by atoms with Gasteiger partial charge in [0.2, 0.25) is 0 Å². The fourth-order valence-electron chi connectivity index (χ4n) is 2.94. The van der Waals surface area contributed by atoms with Gasteiger partial charge in [0.25, 0.3) is 0 Å². The van der Waals surface area contributed by atoms with Crippen LogP contribution in [0.5, 0.6) is 0 Å². The molecule has 2 rings (SSSR count). The molecular weight excluding hydrogens is 348 g/mol. The zero-order valence-corrected chi connectivity index (χ0v) is 15.5. The van der Waals surface area contributed by atoms with Gasteiger partial charge in [-0.05, 0) is 38.8 Å². The first-order valence-corrected chi connectivity index (χ1v) is 9.57. The van der Waals surface area contributed by atoms with Crippen molar-refractivity contribution in [1.29, 1.82) is 0 Å². The third kappa shape index (κ3) is 4.90. The summed E-state index contributed by atoms with van der Waals surface area (Å²) in [5.41, 5.74) is 0. The second-order valence-corrected chi connectivity index (χ2v) is 7.55. The van der Waals surface area contributed by atoms with E-state index in [2.05, 4.69) is 0 Å². The summed E-state index contributed by atoms with van der Waals surface area (Å²) in [6.45, 7) is 4.11. The zero-order chi connectivity index (χ0) is 17.5. The van der Waals surface area contributed by atoms with Crippen molar-refractivity contribution in [3.63, 3.8) is 0 Å². The van der Waals surface area contributed by atoms with E-state index in [0.717, 1.165) is 4.90 Å². The average molecular weight is 371 g/mol. The minimum absolute atomic E-state index is 0.0501. The molecule has 0 radical (unpaired) electrons. The lowest BCUT2D eigenvalue weighted by atomic mass is 9.78. The molecule has 0 unspecified atom stereocenters. The molecule has 6 heteroatoms. The molecule has 1 aromatic rings. The second-order valence-electron chi connectivity index (χ2n) is 5.67. The van der Waals surface area contributed by atoms with Gasteiger partial charge in [0, 0.05) is 15.5 Å². The Balaban J connectivity index is 2.14. The second kappa shape index (κ2) is 9.33. The molecule has 0 bridgehead atoms. The van der Waals surface area contributed by atoms with Crippen LogP contribution in [0, 0.1) is 11.8 Å². The Kier molecular flexibility index (Phi) is 7.43. The van der Waals surface area contributed by atoms with E-state index in [9.17, 15) is 9.59 Å². The number of hydrogen-bond donors (Lipinski definition) is 0. The van der Waals surface area contributed by atoms with Crippen molar-refractivity contribution >= 4 is 35.3 Å². The molecule has 0 aromatic heterocycles. The van der Waals surface area contributed by atoms with Gasteiger partial charge >= 0.3 is 11.9 Å². The van der Waals surface area contributed by atoms with Crippen molar-refractivity contribution < 1.29 is 19.1 Å². The normalized spacial score (nSPS) is 26.6. The van der Waals surface area contributed by atoms with E-state index < -0.39 is 11.8 Å². The number of halogens is 1. The molecule has 0 heterocycles. The summed E-state index contributed by atoms with van der Waals surface area (Å²) in [6.07, 6.45) is 0.935. The number of ether oxygens (including phenoxy) is 2. The first kappa shape index (κ1) is 19.1. The maximum absolute atomic E-state index is 12.3. The van der Waals surface area contributed by atoms with E-state index in [-0.39, 0.29) is 22.6 Å². The summed E-state index contributed by atoms with van der Waals surface area (Å²) in [5.74, 6) is -1.72. The quantitative estimate of drug-likeness (QED) is 0.561. The van der Waals surface area contributed by atoms with Crippen LogP contribution in [0.15, 0.2) is 35.2 Å². The summed E-state index contributed by atoms with van der Waals surface area (Å²) in [7, 11) is 0. The van der Waals surface area contributed by atoms with Crippen LogP contribution in [0.2, 0.25) is 0 Å². The Morgan fingerprint density at radius 3 is 2.12 bits per heavy atom. The van der Waals surface area contributed by atoms with Crippen molar-refractivity contribution in [2.75, 3.05) is 13.2 Å². The molecule has 1 saturated carbocycles. The molecule has 0 aliphatic heterocycles. The number of carbonyl (C=O) groups excluding carboxylic acids is 2. The van der Waals surface area contributed by atoms with Gasteiger partial charge in [-0.3, -0.25) is 9.59 Å². The van der Waals surface area contributed by atoms with E-state index in [4.69, 9.17) is 21.1 Å². The van der Waals surface area contributed by atoms with Crippen LogP contribution < -0.4 is 0 Å². The van der Waals surface area contributed by atoms with E-state index in [1.165, 1.54) is 0 Å². The van der Waals surface area contributed by atoms with Gasteiger partial charge in [-0.25, -0.2) is 0 Å². The molecule has 1 aromatic carbocycles. The molecular formula is C18H23ClO4S. The fourth-order valence-corrected chi connectivity index (χ4v) is 4.61. The lowest BCUT2D eigenvalue weighted by Gasteiger charge is -2.36. The zero-order valence-electron chi connectivity index (χ0n) is 13.9. The molecule has 1 aliphatic carbocycles. The topological polar surface area (TPSA) is 52.6 Å². The van der Waals surface area contributed by atoms with Gasteiger partial charge in [0.15, 0.2) is 0 Å². The molecule has 0 spiro atoms. The Bertz CT molecular complexity index is 551. The lowest BCUT2D eigenvalue weighted by Crippen LogP contribution is -2.43. The van der Waals surface area contributed by atoms with Crippen LogP contribution in [0.25, 0.3) is 0 Å². The van der Waals surface area contributed by atoms with Crippen LogP contribution in [0.3, 0.4) is 0 Å². The van der Waals surface area contributed by atoms with Crippen LogP contribution in [-0.4, -0.2) is 35.8 Å². The predicted octanol–water partition coefficient (Wildman–Crippen LogP) is 3.91. The van der Waals surface area contributed by atoms with Gasteiger partial charge in [0.05, 0.1) is 25.0 Å². The Morgan fingerprint density at radius 1 is 1.04 bits per heavy atom. The van der Waals surface area contributed by atoms with Gasteiger partial charge in [-0.15, -0.1) is 23.4 Å². The van der Waals surface area contributed by atoms with Crippen molar-refractivity contribution in [2.45, 2.75) is 42.2 Å². The summed E-state index contributed by atoms with van der Waals surface area (Å²) >= 11 is 8.19. The van der Waals surface area contributed by atoms with Crippen LogP contribution >= 0.6 is 23.4 Å². The standard InChI is InChI=1S/C18H23ClO4S/c1-3-22-17(20)13-10-15(19)16(11-14(13)18(21)23-4-2)24-12-8-6-5-7-9-12/h5-9,13-16H,3-4,10-11H2,1-2H3/t13-,14-,15+,16-/m1/s1. The largest absolute Gasteiger partial charge is 0.466 e. The lowest BCUT2D eigenvalue weighted by molar-refractivity contribution is -0.162. The predicted molar refractivity (Wildman–Crippen MR) is 95.2 cm³/mol. The van der Waals surface area contributed by atoms with Crippen molar-refractivity contribution in [3.05, 3.63) is 30.3 Å². The number of hydrogen-bond acceptors (Lipinski definition) is 5. The summed E-state index contributed by atoms with van der Waals surface area (Å²) in [4.78, 5) is 25.7. The van der Waals surface area contributed by atoms with Crippen molar-refractivity contribution in [3.8, 4) is 0 Å². The molecule has 132 valence electrons. The van der Waals surface area contributed by atoms with E-state index in [0.29, 0.717) is 26.1 Å². The first-order chi connectivity index (χ1) is 11.6. The maximum Gasteiger partial charge on any atom is 0.309 e. The van der Waals surface area contributed by atoms with Crippen LogP contribution in [-0.2, 0) is 19.1 Å². The third-order valence-corrected chi connectivity index (χ3v) is 6.06. The summed E-state index contributed by atoms with van der Waals surface area (Å²) in [6, 6.07) is 9.94. The monoisotopic (exact) mass is 370 g/mol. The highest BCUT2D eigenvalue weighted by atomic mass is 35.5. The van der Waals surface area contributed by atoms with E-state index >= 15 is 0 Å². The molecule has 4 nitrogen and oxygen atoms in total. The number of rotatable bonds is 6. The fraction of sp³-hybridized carbons (Fsp3) is 0.556. The number of esters is 2. The SMILES string of the molecule is CCOC(=O)[C@@H]1C[C@H](Cl)[C@H](Sc2ccccc2)C[C@H]1C(=O)OCC. The highest BCUT2D eigenvalue weighted by molar-refractivity contribution is 8.00. The maximum atomic E-state index is 12.3. The Labute approximate surface area is 152 Å². The summed E-state index contributed by atoms with van der Waals surface area (Å²) < 4.78 is 10.3. The minimum Gasteiger partial charge on any atom is -0.466 e. The van der Waals surface area contributed by atoms with E-state index in [1.54, 1.807) is 25.6 Å². The number of thioether (sulfide) groups is 1. The Morgan fingerprint density at radius 2 is 1.58 bits per heavy atom. The number of benzene rings is 1. The van der Waals surface area contributed by atoms with Crippen LogP contribution in [0.4, 0.5) is 0 Å².